The second kappa shape index (κ2) is 5.14. The summed E-state index contributed by atoms with van der Waals surface area (Å²) in [6.07, 6.45) is 6.82. The predicted molar refractivity (Wildman–Crippen MR) is 70.3 cm³/mol. The van der Waals surface area contributed by atoms with Crippen LogP contribution in [0.25, 0.3) is 0 Å². The maximum absolute atomic E-state index is 12.6. The van der Waals surface area contributed by atoms with Gasteiger partial charge in [0.05, 0.1) is 13.0 Å². The monoisotopic (exact) mass is 265 g/mol. The van der Waals surface area contributed by atoms with Crippen LogP contribution < -0.4 is 0 Å². The topological polar surface area (TPSA) is 46.6 Å². The number of fused-ring (bicyclic) bond motifs is 1. The fourth-order valence-corrected chi connectivity index (χ4v) is 4.11. The highest BCUT2D eigenvalue weighted by atomic mass is 16.5. The van der Waals surface area contributed by atoms with Crippen LogP contribution >= 0.6 is 0 Å². The number of likely N-dealkylation sites (tertiary alicyclic amines) is 1. The van der Waals surface area contributed by atoms with Gasteiger partial charge in [-0.1, -0.05) is 12.8 Å². The fraction of sp³-hybridized carbons (Fsp3) is 0.867. The Labute approximate surface area is 114 Å². The molecule has 0 N–H and O–H groups in total. The number of carbonyl (C=O) groups excluding carboxylic acids is 2. The van der Waals surface area contributed by atoms with Crippen LogP contribution in [0.2, 0.25) is 0 Å². The van der Waals surface area contributed by atoms with E-state index in [1.54, 1.807) is 0 Å². The van der Waals surface area contributed by atoms with Crippen molar-refractivity contribution in [1.82, 2.24) is 4.90 Å². The molecule has 2 aliphatic carbocycles. The van der Waals surface area contributed by atoms with Crippen LogP contribution in [0.5, 0.6) is 0 Å². The zero-order chi connectivity index (χ0) is 13.4. The van der Waals surface area contributed by atoms with Crippen LogP contribution in [-0.4, -0.2) is 37.0 Å². The number of hydrogen-bond acceptors (Lipinski definition) is 3. The first-order chi connectivity index (χ1) is 9.22. The summed E-state index contributed by atoms with van der Waals surface area (Å²) in [6, 6.07) is 0. The maximum Gasteiger partial charge on any atom is 0.310 e. The third-order valence-corrected chi connectivity index (χ3v) is 5.21. The van der Waals surface area contributed by atoms with Crippen molar-refractivity contribution in [3.63, 3.8) is 0 Å². The third kappa shape index (κ3) is 2.37. The number of piperidine rings is 1. The highest BCUT2D eigenvalue weighted by Crippen LogP contribution is 2.56. The first-order valence-corrected chi connectivity index (χ1v) is 7.59. The molecule has 1 saturated heterocycles. The molecule has 4 nitrogen and oxygen atoms in total. The van der Waals surface area contributed by atoms with Crippen LogP contribution in [0.4, 0.5) is 0 Å². The van der Waals surface area contributed by atoms with E-state index in [1.165, 1.54) is 32.8 Å². The molecule has 106 valence electrons. The van der Waals surface area contributed by atoms with Crippen LogP contribution in [0.15, 0.2) is 0 Å². The largest absolute Gasteiger partial charge is 0.469 e. The van der Waals surface area contributed by atoms with E-state index in [0.717, 1.165) is 19.4 Å². The number of amides is 1. The molecule has 0 aromatic rings. The van der Waals surface area contributed by atoms with Crippen molar-refractivity contribution < 1.29 is 14.3 Å². The molecule has 3 rings (SSSR count). The van der Waals surface area contributed by atoms with Crippen molar-refractivity contribution in [2.75, 3.05) is 20.2 Å². The van der Waals surface area contributed by atoms with Gasteiger partial charge in [0.1, 0.15) is 0 Å². The highest BCUT2D eigenvalue weighted by Gasteiger charge is 2.56. The molecule has 1 heterocycles. The van der Waals surface area contributed by atoms with E-state index >= 15 is 0 Å². The van der Waals surface area contributed by atoms with Crippen LogP contribution in [0, 0.1) is 23.7 Å². The standard InChI is InChI=1S/C15H23NO3/c1-19-15(18)10-5-4-8-16(9-10)14(17)13-11-6-2-3-7-12(11)13/h10-13H,2-9H2,1H3/t10-,11?,12?,13?/m0/s1. The number of esters is 1. The summed E-state index contributed by atoms with van der Waals surface area (Å²) < 4.78 is 4.81. The molecule has 2 saturated carbocycles. The molecule has 2 unspecified atom stereocenters. The molecule has 1 aliphatic heterocycles. The lowest BCUT2D eigenvalue weighted by molar-refractivity contribution is -0.149. The van der Waals surface area contributed by atoms with Crippen molar-refractivity contribution in [3.05, 3.63) is 0 Å². The van der Waals surface area contributed by atoms with Gasteiger partial charge in [0.25, 0.3) is 0 Å². The van der Waals surface area contributed by atoms with Gasteiger partial charge in [0.2, 0.25) is 5.91 Å². The molecule has 4 heteroatoms. The van der Waals surface area contributed by atoms with Gasteiger partial charge in [-0.25, -0.2) is 0 Å². The molecule has 3 aliphatic rings. The van der Waals surface area contributed by atoms with E-state index in [1.807, 2.05) is 4.90 Å². The number of ether oxygens (including phenoxy) is 1. The van der Waals surface area contributed by atoms with E-state index in [0.29, 0.717) is 24.3 Å². The van der Waals surface area contributed by atoms with Crippen LogP contribution in [0.1, 0.15) is 38.5 Å². The smallest absolute Gasteiger partial charge is 0.310 e. The van der Waals surface area contributed by atoms with E-state index < -0.39 is 0 Å². The normalized spacial score (nSPS) is 37.4. The second-order valence-electron chi connectivity index (χ2n) is 6.28. The van der Waals surface area contributed by atoms with E-state index in [2.05, 4.69) is 0 Å². The summed E-state index contributed by atoms with van der Waals surface area (Å²) in [4.78, 5) is 26.1. The summed E-state index contributed by atoms with van der Waals surface area (Å²) in [7, 11) is 1.43. The Morgan fingerprint density at radius 2 is 1.74 bits per heavy atom. The number of hydrogen-bond donors (Lipinski definition) is 0. The quantitative estimate of drug-likeness (QED) is 0.716. The fourth-order valence-electron chi connectivity index (χ4n) is 4.11. The Hall–Kier alpha value is -1.06. The Morgan fingerprint density at radius 3 is 2.37 bits per heavy atom. The summed E-state index contributed by atoms with van der Waals surface area (Å²) in [5.41, 5.74) is 0. The van der Waals surface area contributed by atoms with Gasteiger partial charge in [-0.3, -0.25) is 9.59 Å². The molecule has 0 bridgehead atoms. The van der Waals surface area contributed by atoms with Crippen molar-refractivity contribution in [2.24, 2.45) is 23.7 Å². The lowest BCUT2D eigenvalue weighted by Gasteiger charge is -2.31. The van der Waals surface area contributed by atoms with Crippen molar-refractivity contribution in [3.8, 4) is 0 Å². The lowest BCUT2D eigenvalue weighted by Crippen LogP contribution is -2.43. The Balaban J connectivity index is 1.59. The number of carbonyl (C=O) groups is 2. The van der Waals surface area contributed by atoms with Crippen LogP contribution in [-0.2, 0) is 14.3 Å². The molecule has 3 fully saturated rings. The molecule has 19 heavy (non-hydrogen) atoms. The van der Waals surface area contributed by atoms with Crippen LogP contribution in [0.3, 0.4) is 0 Å². The molecule has 0 spiro atoms. The van der Waals surface area contributed by atoms with Crippen molar-refractivity contribution in [1.29, 1.82) is 0 Å². The lowest BCUT2D eigenvalue weighted by atomic mass is 9.97. The third-order valence-electron chi connectivity index (χ3n) is 5.21. The summed E-state index contributed by atoms with van der Waals surface area (Å²) >= 11 is 0. The second-order valence-corrected chi connectivity index (χ2v) is 6.28. The summed E-state index contributed by atoms with van der Waals surface area (Å²) in [6.45, 7) is 1.39. The van der Waals surface area contributed by atoms with Crippen molar-refractivity contribution >= 4 is 11.9 Å². The molecular formula is C15H23NO3. The van der Waals surface area contributed by atoms with Gasteiger partial charge < -0.3 is 9.64 Å². The maximum atomic E-state index is 12.6. The van der Waals surface area contributed by atoms with E-state index in [-0.39, 0.29) is 17.8 Å². The zero-order valence-electron chi connectivity index (χ0n) is 11.6. The van der Waals surface area contributed by atoms with Gasteiger partial charge >= 0.3 is 5.97 Å². The summed E-state index contributed by atoms with van der Waals surface area (Å²) in [5.74, 6) is 1.62. The molecule has 3 atom stereocenters. The Morgan fingerprint density at radius 1 is 1.05 bits per heavy atom. The minimum Gasteiger partial charge on any atom is -0.469 e. The zero-order valence-corrected chi connectivity index (χ0v) is 11.6. The van der Waals surface area contributed by atoms with Crippen molar-refractivity contribution in [2.45, 2.75) is 38.5 Å². The molecule has 1 amide bonds. The first-order valence-electron chi connectivity index (χ1n) is 7.59. The first kappa shape index (κ1) is 12.9. The summed E-state index contributed by atoms with van der Waals surface area (Å²) in [5, 5.41) is 0. The van der Waals surface area contributed by atoms with Gasteiger partial charge in [-0.2, -0.15) is 0 Å². The SMILES string of the molecule is COC(=O)[C@H]1CCCN(C(=O)C2C3CCCCC32)C1. The van der Waals surface area contributed by atoms with E-state index in [9.17, 15) is 9.59 Å². The number of rotatable bonds is 2. The highest BCUT2D eigenvalue weighted by molar-refractivity contribution is 5.83. The predicted octanol–water partition coefficient (Wildman–Crippen LogP) is 1.83. The molecule has 0 aromatic carbocycles. The van der Waals surface area contributed by atoms with Gasteiger partial charge in [-0.05, 0) is 37.5 Å². The minimum atomic E-state index is -0.161. The molecular weight excluding hydrogens is 242 g/mol. The average molecular weight is 265 g/mol. The van der Waals surface area contributed by atoms with Gasteiger partial charge in [0.15, 0.2) is 0 Å². The van der Waals surface area contributed by atoms with Gasteiger partial charge in [0, 0.05) is 19.0 Å². The number of methoxy groups -OCH3 is 1. The van der Waals surface area contributed by atoms with E-state index in [4.69, 9.17) is 4.74 Å². The number of nitrogens with zero attached hydrogens (tertiary/aromatic N) is 1. The Kier molecular flexibility index (Phi) is 3.50. The Bertz CT molecular complexity index is 370. The average Bonchev–Trinajstić information content (AvgIpc) is 3.20. The minimum absolute atomic E-state index is 0.108. The molecule has 0 radical (unpaired) electrons. The molecule has 0 aromatic heterocycles. The van der Waals surface area contributed by atoms with Gasteiger partial charge in [-0.15, -0.1) is 0 Å².